The van der Waals surface area contributed by atoms with Crippen LogP contribution < -0.4 is 0 Å². The van der Waals surface area contributed by atoms with Gasteiger partial charge in [0.25, 0.3) is 0 Å². The first kappa shape index (κ1) is 9.74. The van der Waals surface area contributed by atoms with Crippen molar-refractivity contribution in [3.05, 3.63) is 25.5 Å². The van der Waals surface area contributed by atoms with E-state index in [1.807, 2.05) is 0 Å². The molecule has 0 bridgehead atoms. The van der Waals surface area contributed by atoms with Gasteiger partial charge in [0.1, 0.15) is 0 Å². The minimum atomic E-state index is 0.926. The maximum Gasteiger partial charge on any atom is -0.0320 e. The average molecular weight is 138 g/mol. The largest absolute Gasteiger partial charge is 0.0853 e. The topological polar surface area (TPSA) is 0 Å². The lowest BCUT2D eigenvalue weighted by Crippen LogP contribution is -1.82. The highest BCUT2D eigenvalue weighted by atomic mass is 14.0. The van der Waals surface area contributed by atoms with Gasteiger partial charge in [0, 0.05) is 0 Å². The van der Waals surface area contributed by atoms with Gasteiger partial charge in [-0.1, -0.05) is 31.9 Å². The minimum absolute atomic E-state index is 0.926. The van der Waals surface area contributed by atoms with Crippen LogP contribution in [0.1, 0.15) is 39.0 Å². The summed E-state index contributed by atoms with van der Waals surface area (Å²) in [6, 6.07) is 0. The summed E-state index contributed by atoms with van der Waals surface area (Å²) >= 11 is 0. The van der Waals surface area contributed by atoms with Crippen LogP contribution in [0.5, 0.6) is 0 Å². The molecule has 0 heterocycles. The van der Waals surface area contributed by atoms with Crippen LogP contribution in [0, 0.1) is 13.8 Å². The number of rotatable bonds is 5. The highest BCUT2D eigenvalue weighted by Gasteiger charge is 1.91. The molecule has 2 radical (unpaired) electrons. The molecule has 0 aliphatic rings. The summed E-state index contributed by atoms with van der Waals surface area (Å²) in [5.41, 5.74) is 1.53. The molecule has 0 saturated carbocycles. The van der Waals surface area contributed by atoms with E-state index in [2.05, 4.69) is 26.8 Å². The van der Waals surface area contributed by atoms with E-state index in [0.29, 0.717) is 0 Å². The molecule has 0 aromatic rings. The predicted molar refractivity (Wildman–Crippen MR) is 47.6 cm³/mol. The van der Waals surface area contributed by atoms with Gasteiger partial charge in [-0.3, -0.25) is 0 Å². The Kier molecular flexibility index (Phi) is 6.68. The van der Waals surface area contributed by atoms with Crippen molar-refractivity contribution in [1.82, 2.24) is 0 Å². The van der Waals surface area contributed by atoms with E-state index in [4.69, 9.17) is 0 Å². The SMILES string of the molecule is [CH2]C/C=C(/CC[CH2])CCC. The van der Waals surface area contributed by atoms with Gasteiger partial charge in [-0.25, -0.2) is 0 Å². The van der Waals surface area contributed by atoms with E-state index >= 15 is 0 Å². The second kappa shape index (κ2) is 6.85. The van der Waals surface area contributed by atoms with Crippen molar-refractivity contribution in [3.8, 4) is 0 Å². The summed E-state index contributed by atoms with van der Waals surface area (Å²) in [7, 11) is 0. The molecule has 0 spiro atoms. The van der Waals surface area contributed by atoms with E-state index in [-0.39, 0.29) is 0 Å². The number of hydrogen-bond acceptors (Lipinski definition) is 0. The van der Waals surface area contributed by atoms with E-state index in [1.54, 1.807) is 0 Å². The van der Waals surface area contributed by atoms with Gasteiger partial charge in [0.15, 0.2) is 0 Å². The zero-order valence-corrected chi connectivity index (χ0v) is 7.03. The summed E-state index contributed by atoms with van der Waals surface area (Å²) in [6.45, 7) is 9.83. The van der Waals surface area contributed by atoms with Crippen LogP contribution in [-0.2, 0) is 0 Å². The maximum absolute atomic E-state index is 3.83. The zero-order chi connectivity index (χ0) is 7.82. The van der Waals surface area contributed by atoms with Crippen LogP contribution in [0.15, 0.2) is 11.6 Å². The predicted octanol–water partition coefficient (Wildman–Crippen LogP) is 3.55. The zero-order valence-electron chi connectivity index (χ0n) is 7.03. The first-order valence-electron chi connectivity index (χ1n) is 4.11. The molecule has 0 heteroatoms. The summed E-state index contributed by atoms with van der Waals surface area (Å²) in [5, 5.41) is 0. The molecule has 58 valence electrons. The molecule has 0 saturated heterocycles. The fourth-order valence-corrected chi connectivity index (χ4v) is 1.08. The number of allylic oxidation sites excluding steroid dienone is 2. The first-order valence-corrected chi connectivity index (χ1v) is 4.11. The highest BCUT2D eigenvalue weighted by Crippen LogP contribution is 2.11. The van der Waals surface area contributed by atoms with Crippen LogP contribution >= 0.6 is 0 Å². The third kappa shape index (κ3) is 4.60. The van der Waals surface area contributed by atoms with Crippen LogP contribution in [0.25, 0.3) is 0 Å². The monoisotopic (exact) mass is 138 g/mol. The molecular weight excluding hydrogens is 120 g/mol. The van der Waals surface area contributed by atoms with E-state index in [0.717, 1.165) is 19.3 Å². The standard InChI is InChI=1S/C10H18/c1-4-7-10(8-5-2)9-6-3/h7H,1-2,4-6,8-9H2,3H3/b10-7-. The van der Waals surface area contributed by atoms with Gasteiger partial charge < -0.3 is 0 Å². The Hall–Kier alpha value is -0.260. The van der Waals surface area contributed by atoms with Crippen molar-refractivity contribution >= 4 is 0 Å². The maximum atomic E-state index is 3.83. The third-order valence-corrected chi connectivity index (χ3v) is 1.50. The Morgan fingerprint density at radius 2 is 2.00 bits per heavy atom. The van der Waals surface area contributed by atoms with Crippen molar-refractivity contribution in [3.63, 3.8) is 0 Å². The average Bonchev–Trinajstić information content (AvgIpc) is 1.90. The Bertz CT molecular complexity index is 82.2. The van der Waals surface area contributed by atoms with Gasteiger partial charge in [-0.2, -0.15) is 0 Å². The molecule has 0 aliphatic heterocycles. The molecule has 0 unspecified atom stereocenters. The molecule has 10 heavy (non-hydrogen) atoms. The van der Waals surface area contributed by atoms with Crippen molar-refractivity contribution in [1.29, 1.82) is 0 Å². The van der Waals surface area contributed by atoms with Crippen LogP contribution in [0.4, 0.5) is 0 Å². The van der Waals surface area contributed by atoms with Gasteiger partial charge >= 0.3 is 0 Å². The fourth-order valence-electron chi connectivity index (χ4n) is 1.08. The van der Waals surface area contributed by atoms with E-state index in [9.17, 15) is 0 Å². The Morgan fingerprint density at radius 3 is 2.40 bits per heavy atom. The van der Waals surface area contributed by atoms with E-state index < -0.39 is 0 Å². The molecule has 0 N–H and O–H groups in total. The lowest BCUT2D eigenvalue weighted by molar-refractivity contribution is 0.822. The molecule has 0 atom stereocenters. The molecular formula is C10H18. The quantitative estimate of drug-likeness (QED) is 0.510. The molecule has 0 aliphatic carbocycles. The van der Waals surface area contributed by atoms with Crippen LogP contribution in [-0.4, -0.2) is 0 Å². The van der Waals surface area contributed by atoms with Gasteiger partial charge in [-0.15, -0.1) is 0 Å². The Morgan fingerprint density at radius 1 is 1.30 bits per heavy atom. The normalized spacial score (nSPS) is 12.1. The Balaban J connectivity index is 3.60. The van der Waals surface area contributed by atoms with Crippen molar-refractivity contribution < 1.29 is 0 Å². The highest BCUT2D eigenvalue weighted by molar-refractivity contribution is 5.02. The first-order chi connectivity index (χ1) is 4.85. The van der Waals surface area contributed by atoms with Crippen LogP contribution in [0.2, 0.25) is 0 Å². The molecule has 0 aromatic carbocycles. The Labute approximate surface area is 65.3 Å². The van der Waals surface area contributed by atoms with Gasteiger partial charge in [0.05, 0.1) is 0 Å². The minimum Gasteiger partial charge on any atom is -0.0853 e. The van der Waals surface area contributed by atoms with Crippen molar-refractivity contribution in [2.45, 2.75) is 39.0 Å². The second-order valence-electron chi connectivity index (χ2n) is 2.50. The van der Waals surface area contributed by atoms with Gasteiger partial charge in [-0.05, 0) is 32.6 Å². The van der Waals surface area contributed by atoms with Crippen molar-refractivity contribution in [2.24, 2.45) is 0 Å². The summed E-state index contributed by atoms with van der Waals surface area (Å²) in [5.74, 6) is 0. The smallest absolute Gasteiger partial charge is 0.0320 e. The second-order valence-corrected chi connectivity index (χ2v) is 2.50. The fraction of sp³-hybridized carbons (Fsp3) is 0.600. The van der Waals surface area contributed by atoms with Crippen LogP contribution in [0.3, 0.4) is 0 Å². The van der Waals surface area contributed by atoms with Gasteiger partial charge in [0.2, 0.25) is 0 Å². The molecule has 0 aromatic heterocycles. The van der Waals surface area contributed by atoms with E-state index in [1.165, 1.54) is 18.4 Å². The summed E-state index contributed by atoms with van der Waals surface area (Å²) < 4.78 is 0. The molecule has 0 amide bonds. The lowest BCUT2D eigenvalue weighted by atomic mass is 10.0. The lowest BCUT2D eigenvalue weighted by Gasteiger charge is -2.02. The number of hydrogen-bond donors (Lipinski definition) is 0. The summed E-state index contributed by atoms with van der Waals surface area (Å²) in [4.78, 5) is 0. The summed E-state index contributed by atoms with van der Waals surface area (Å²) in [6.07, 6.45) is 7.80. The molecule has 0 nitrogen and oxygen atoms in total. The van der Waals surface area contributed by atoms with Crippen molar-refractivity contribution in [2.75, 3.05) is 0 Å². The molecule has 0 fully saturated rings. The molecule has 0 rings (SSSR count). The third-order valence-electron chi connectivity index (χ3n) is 1.50.